The van der Waals surface area contributed by atoms with Crippen LogP contribution in [0.1, 0.15) is 20.3 Å². The second-order valence-electron chi connectivity index (χ2n) is 6.11. The highest BCUT2D eigenvalue weighted by atomic mass is 16.5. The van der Waals surface area contributed by atoms with Crippen molar-refractivity contribution in [1.29, 1.82) is 0 Å². The van der Waals surface area contributed by atoms with Crippen LogP contribution >= 0.6 is 0 Å². The van der Waals surface area contributed by atoms with E-state index < -0.39 is 24.0 Å². The van der Waals surface area contributed by atoms with E-state index in [-0.39, 0.29) is 11.8 Å². The summed E-state index contributed by atoms with van der Waals surface area (Å²) in [6, 6.07) is -1.23. The summed E-state index contributed by atoms with van der Waals surface area (Å²) >= 11 is 0. The van der Waals surface area contributed by atoms with E-state index in [4.69, 9.17) is 20.9 Å². The fraction of sp³-hybridized carbons (Fsp3) is 0.733. The Morgan fingerprint density at radius 1 is 1.00 bits per heavy atom. The van der Waals surface area contributed by atoms with Gasteiger partial charge in [-0.1, -0.05) is 12.2 Å². The molecule has 2 aliphatic carbocycles. The molecule has 6 nitrogen and oxygen atoms in total. The van der Waals surface area contributed by atoms with Crippen molar-refractivity contribution in [2.45, 2.75) is 32.4 Å². The van der Waals surface area contributed by atoms with Gasteiger partial charge >= 0.3 is 11.9 Å². The van der Waals surface area contributed by atoms with Gasteiger partial charge in [0.15, 0.2) is 0 Å². The molecule has 0 heterocycles. The predicted octanol–water partition coefficient (Wildman–Crippen LogP) is 0.206. The molecule has 6 heteroatoms. The van der Waals surface area contributed by atoms with Crippen LogP contribution in [0.4, 0.5) is 0 Å². The number of carbonyl (C=O) groups excluding carboxylic acids is 2. The SMILES string of the molecule is C[C@H](N)C(=O)OC[C@H]1C2C=CC(C2)[C@@H]1COC(=O)[C@H](C)N. The normalized spacial score (nSPS) is 32.8. The zero-order valence-corrected chi connectivity index (χ0v) is 12.5. The van der Waals surface area contributed by atoms with E-state index in [0.29, 0.717) is 25.0 Å². The number of nitrogens with two attached hydrogens (primary N) is 2. The molecule has 118 valence electrons. The maximum Gasteiger partial charge on any atom is 0.322 e. The average Bonchev–Trinajstić information content (AvgIpc) is 3.02. The molecule has 0 aromatic carbocycles. The quantitative estimate of drug-likeness (QED) is 0.536. The summed E-state index contributed by atoms with van der Waals surface area (Å²) < 4.78 is 10.5. The highest BCUT2D eigenvalue weighted by Crippen LogP contribution is 2.48. The predicted molar refractivity (Wildman–Crippen MR) is 76.9 cm³/mol. The third-order valence-corrected chi connectivity index (χ3v) is 4.38. The van der Waals surface area contributed by atoms with E-state index in [2.05, 4.69) is 12.2 Å². The first-order chi connectivity index (χ1) is 9.90. The lowest BCUT2D eigenvalue weighted by Crippen LogP contribution is -2.35. The Morgan fingerprint density at radius 2 is 1.38 bits per heavy atom. The third-order valence-electron chi connectivity index (χ3n) is 4.38. The van der Waals surface area contributed by atoms with Crippen LogP contribution < -0.4 is 11.5 Å². The van der Waals surface area contributed by atoms with E-state index in [1.807, 2.05) is 0 Å². The molecule has 0 spiro atoms. The Kier molecular flexibility index (Phi) is 5.00. The van der Waals surface area contributed by atoms with Crippen molar-refractivity contribution in [1.82, 2.24) is 0 Å². The maximum absolute atomic E-state index is 11.5. The van der Waals surface area contributed by atoms with Gasteiger partial charge in [-0.05, 0) is 32.1 Å². The zero-order valence-electron chi connectivity index (χ0n) is 12.5. The van der Waals surface area contributed by atoms with Gasteiger partial charge in [0, 0.05) is 11.8 Å². The molecule has 0 aromatic rings. The van der Waals surface area contributed by atoms with Gasteiger partial charge in [-0.2, -0.15) is 0 Å². The minimum absolute atomic E-state index is 0.184. The minimum Gasteiger partial charge on any atom is -0.464 e. The van der Waals surface area contributed by atoms with Gasteiger partial charge in [0.1, 0.15) is 12.1 Å². The molecule has 4 N–H and O–H groups in total. The number of ether oxygens (including phenoxy) is 2. The van der Waals surface area contributed by atoms with Gasteiger partial charge in [-0.15, -0.1) is 0 Å². The molecule has 6 atom stereocenters. The number of esters is 2. The van der Waals surface area contributed by atoms with Gasteiger partial charge < -0.3 is 20.9 Å². The molecule has 0 amide bonds. The first-order valence-corrected chi connectivity index (χ1v) is 7.43. The lowest BCUT2D eigenvalue weighted by molar-refractivity contribution is -0.151. The van der Waals surface area contributed by atoms with Crippen molar-refractivity contribution < 1.29 is 19.1 Å². The highest BCUT2D eigenvalue weighted by Gasteiger charge is 2.45. The third kappa shape index (κ3) is 3.63. The Morgan fingerprint density at radius 3 is 1.71 bits per heavy atom. The molecular formula is C15H24N2O4. The van der Waals surface area contributed by atoms with E-state index in [1.165, 1.54) is 0 Å². The molecule has 2 unspecified atom stereocenters. The van der Waals surface area contributed by atoms with E-state index >= 15 is 0 Å². The molecule has 21 heavy (non-hydrogen) atoms. The molecule has 0 saturated heterocycles. The molecule has 0 aromatic heterocycles. The van der Waals surface area contributed by atoms with Crippen LogP contribution in [0.2, 0.25) is 0 Å². The van der Waals surface area contributed by atoms with E-state index in [9.17, 15) is 9.59 Å². The fourth-order valence-electron chi connectivity index (χ4n) is 3.14. The van der Waals surface area contributed by atoms with Crippen molar-refractivity contribution >= 4 is 11.9 Å². The smallest absolute Gasteiger partial charge is 0.322 e. The summed E-state index contributed by atoms with van der Waals surface area (Å²) in [5.74, 6) is 0.345. The first kappa shape index (κ1) is 16.0. The highest BCUT2D eigenvalue weighted by molar-refractivity contribution is 5.75. The standard InChI is InChI=1S/C15H24N2O4/c1-8(16)14(18)20-6-12-10-3-4-11(5-10)13(12)7-21-15(19)9(2)17/h3-4,8-13H,5-7,16-17H2,1-2H3/t8-,9-,10?,11?,12-,13-/m0/s1. The fourth-order valence-corrected chi connectivity index (χ4v) is 3.14. The van der Waals surface area contributed by atoms with Crippen LogP contribution in [0.5, 0.6) is 0 Å². The summed E-state index contributed by atoms with van der Waals surface area (Å²) in [6.45, 7) is 3.86. The number of hydrogen-bond donors (Lipinski definition) is 2. The molecule has 0 radical (unpaired) electrons. The summed E-state index contributed by atoms with van der Waals surface area (Å²) in [6.07, 6.45) is 5.36. The number of carbonyl (C=O) groups is 2. The first-order valence-electron chi connectivity index (χ1n) is 7.43. The lowest BCUT2D eigenvalue weighted by atomic mass is 9.84. The molecule has 2 aliphatic rings. The largest absolute Gasteiger partial charge is 0.464 e. The summed E-state index contributed by atoms with van der Waals surface area (Å²) in [5.41, 5.74) is 11.0. The van der Waals surface area contributed by atoms with Gasteiger partial charge in [-0.25, -0.2) is 0 Å². The molecule has 2 bridgehead atoms. The van der Waals surface area contributed by atoms with Crippen LogP contribution in [0.3, 0.4) is 0 Å². The average molecular weight is 296 g/mol. The van der Waals surface area contributed by atoms with E-state index in [0.717, 1.165) is 6.42 Å². The van der Waals surface area contributed by atoms with Crippen molar-refractivity contribution in [2.24, 2.45) is 35.1 Å². The van der Waals surface area contributed by atoms with Crippen LogP contribution in [0, 0.1) is 23.7 Å². The van der Waals surface area contributed by atoms with Crippen molar-refractivity contribution in [3.63, 3.8) is 0 Å². The second-order valence-corrected chi connectivity index (χ2v) is 6.11. The number of allylic oxidation sites excluding steroid dienone is 2. The Bertz CT molecular complexity index is 395. The molecule has 2 rings (SSSR count). The molecular weight excluding hydrogens is 272 g/mol. The molecule has 1 saturated carbocycles. The van der Waals surface area contributed by atoms with Gasteiger partial charge in [0.05, 0.1) is 13.2 Å². The Hall–Kier alpha value is -1.40. The summed E-state index contributed by atoms with van der Waals surface area (Å²) in [4.78, 5) is 23.0. The Balaban J connectivity index is 1.90. The number of hydrogen-bond acceptors (Lipinski definition) is 6. The number of fused-ring (bicyclic) bond motifs is 2. The molecule has 0 aliphatic heterocycles. The van der Waals surface area contributed by atoms with E-state index in [1.54, 1.807) is 13.8 Å². The van der Waals surface area contributed by atoms with Crippen LogP contribution in [-0.4, -0.2) is 37.2 Å². The van der Waals surface area contributed by atoms with Crippen LogP contribution in [0.15, 0.2) is 12.2 Å². The Labute approximate surface area is 124 Å². The summed E-state index contributed by atoms with van der Waals surface area (Å²) in [7, 11) is 0. The number of rotatable bonds is 6. The van der Waals surface area contributed by atoms with Gasteiger partial charge in [-0.3, -0.25) is 9.59 Å². The van der Waals surface area contributed by atoms with Crippen molar-refractivity contribution in [2.75, 3.05) is 13.2 Å². The topological polar surface area (TPSA) is 105 Å². The zero-order chi connectivity index (χ0) is 15.6. The van der Waals surface area contributed by atoms with Crippen molar-refractivity contribution in [3.05, 3.63) is 12.2 Å². The van der Waals surface area contributed by atoms with Gasteiger partial charge in [0.25, 0.3) is 0 Å². The monoisotopic (exact) mass is 296 g/mol. The summed E-state index contributed by atoms with van der Waals surface area (Å²) in [5, 5.41) is 0. The maximum atomic E-state index is 11.5. The molecule has 1 fully saturated rings. The lowest BCUT2D eigenvalue weighted by Gasteiger charge is -2.27. The van der Waals surface area contributed by atoms with Crippen molar-refractivity contribution in [3.8, 4) is 0 Å². The van der Waals surface area contributed by atoms with Crippen LogP contribution in [-0.2, 0) is 19.1 Å². The second kappa shape index (κ2) is 6.58. The minimum atomic E-state index is -0.617. The van der Waals surface area contributed by atoms with Crippen LogP contribution in [0.25, 0.3) is 0 Å². The van der Waals surface area contributed by atoms with Gasteiger partial charge in [0.2, 0.25) is 0 Å².